The maximum absolute atomic E-state index is 11.9. The summed E-state index contributed by atoms with van der Waals surface area (Å²) >= 11 is 0. The molecule has 2 heterocycles. The zero-order valence-corrected chi connectivity index (χ0v) is 12.7. The maximum Gasteiger partial charge on any atom is 0.252 e. The third-order valence-electron chi connectivity index (χ3n) is 3.20. The fourth-order valence-electron chi connectivity index (χ4n) is 2.19. The van der Waals surface area contributed by atoms with Gasteiger partial charge < -0.3 is 5.32 Å². The average molecular weight is 275 g/mol. The van der Waals surface area contributed by atoms with Crippen LogP contribution in [0.2, 0.25) is 0 Å². The Morgan fingerprint density at radius 3 is 2.60 bits per heavy atom. The summed E-state index contributed by atoms with van der Waals surface area (Å²) in [6, 6.07) is 0.137. The molecular weight excluding hydrogens is 254 g/mol. The first-order valence-electron chi connectivity index (χ1n) is 6.93. The standard InChI is InChI=1S/C14H21N5O/c1-6-12-17-14-16-9(4)11(10(5)19(14)18-12)7-13(20)15-8(2)3/h8H,6-7H2,1-5H3,(H,15,20). The quantitative estimate of drug-likeness (QED) is 0.914. The van der Waals surface area contributed by atoms with Crippen LogP contribution in [0.3, 0.4) is 0 Å². The van der Waals surface area contributed by atoms with Crippen LogP contribution in [0.15, 0.2) is 0 Å². The number of aromatic nitrogens is 4. The highest BCUT2D eigenvalue weighted by molar-refractivity contribution is 5.79. The molecule has 2 aromatic rings. The molecule has 6 heteroatoms. The van der Waals surface area contributed by atoms with Crippen molar-refractivity contribution >= 4 is 11.7 Å². The van der Waals surface area contributed by atoms with Crippen molar-refractivity contribution in [1.82, 2.24) is 24.9 Å². The first-order valence-corrected chi connectivity index (χ1v) is 6.93. The van der Waals surface area contributed by atoms with E-state index in [9.17, 15) is 4.79 Å². The van der Waals surface area contributed by atoms with E-state index in [-0.39, 0.29) is 11.9 Å². The fourth-order valence-corrected chi connectivity index (χ4v) is 2.19. The molecule has 0 atom stereocenters. The van der Waals surface area contributed by atoms with Crippen molar-refractivity contribution < 1.29 is 4.79 Å². The minimum Gasteiger partial charge on any atom is -0.354 e. The molecule has 108 valence electrons. The molecule has 1 N–H and O–H groups in total. The van der Waals surface area contributed by atoms with Crippen LogP contribution in [0.25, 0.3) is 5.78 Å². The normalized spacial score (nSPS) is 11.3. The topological polar surface area (TPSA) is 72.2 Å². The Kier molecular flexibility index (Phi) is 4.01. The van der Waals surface area contributed by atoms with Crippen LogP contribution in [-0.4, -0.2) is 31.5 Å². The Morgan fingerprint density at radius 2 is 2.00 bits per heavy atom. The second-order valence-electron chi connectivity index (χ2n) is 5.25. The van der Waals surface area contributed by atoms with Gasteiger partial charge in [0.1, 0.15) is 0 Å². The van der Waals surface area contributed by atoms with Crippen LogP contribution >= 0.6 is 0 Å². The van der Waals surface area contributed by atoms with E-state index < -0.39 is 0 Å². The van der Waals surface area contributed by atoms with Crippen LogP contribution in [0.5, 0.6) is 0 Å². The molecule has 0 aliphatic rings. The highest BCUT2D eigenvalue weighted by atomic mass is 16.1. The zero-order valence-electron chi connectivity index (χ0n) is 12.7. The molecule has 0 unspecified atom stereocenters. The lowest BCUT2D eigenvalue weighted by Crippen LogP contribution is -2.32. The highest BCUT2D eigenvalue weighted by Crippen LogP contribution is 2.14. The molecular formula is C14H21N5O. The molecule has 6 nitrogen and oxygen atoms in total. The molecule has 20 heavy (non-hydrogen) atoms. The van der Waals surface area contributed by atoms with Crippen LogP contribution in [0.4, 0.5) is 0 Å². The summed E-state index contributed by atoms with van der Waals surface area (Å²) in [5.41, 5.74) is 2.69. The summed E-state index contributed by atoms with van der Waals surface area (Å²) in [6.07, 6.45) is 1.09. The summed E-state index contributed by atoms with van der Waals surface area (Å²) < 4.78 is 1.73. The Bertz CT molecular complexity index is 645. The third-order valence-corrected chi connectivity index (χ3v) is 3.20. The molecule has 0 aromatic carbocycles. The van der Waals surface area contributed by atoms with Gasteiger partial charge in [0.05, 0.1) is 6.42 Å². The average Bonchev–Trinajstić information content (AvgIpc) is 2.76. The molecule has 1 amide bonds. The van der Waals surface area contributed by atoms with E-state index in [1.807, 2.05) is 34.6 Å². The van der Waals surface area contributed by atoms with Gasteiger partial charge in [-0.25, -0.2) is 9.50 Å². The lowest BCUT2D eigenvalue weighted by atomic mass is 10.1. The number of fused-ring (bicyclic) bond motifs is 1. The number of nitrogens with zero attached hydrogens (tertiary/aromatic N) is 4. The van der Waals surface area contributed by atoms with Gasteiger partial charge in [0.15, 0.2) is 5.82 Å². The van der Waals surface area contributed by atoms with Crippen molar-refractivity contribution in [2.24, 2.45) is 0 Å². The molecule has 0 fully saturated rings. The summed E-state index contributed by atoms with van der Waals surface area (Å²) in [6.45, 7) is 9.76. The Balaban J connectivity index is 2.40. The minimum atomic E-state index is 0.00294. The first kappa shape index (κ1) is 14.4. The SMILES string of the molecule is CCc1nc2nc(C)c(CC(=O)NC(C)C)c(C)n2n1. The van der Waals surface area contributed by atoms with Crippen molar-refractivity contribution in [1.29, 1.82) is 0 Å². The number of carbonyl (C=O) groups is 1. The number of carbonyl (C=O) groups excluding carboxylic acids is 1. The smallest absolute Gasteiger partial charge is 0.252 e. The second kappa shape index (κ2) is 5.56. The number of aryl methyl sites for hydroxylation is 3. The number of hydrogen-bond donors (Lipinski definition) is 1. The largest absolute Gasteiger partial charge is 0.354 e. The molecule has 0 saturated heterocycles. The lowest BCUT2D eigenvalue weighted by molar-refractivity contribution is -0.120. The Hall–Kier alpha value is -1.98. The van der Waals surface area contributed by atoms with Crippen molar-refractivity contribution in [2.45, 2.75) is 53.5 Å². The number of rotatable bonds is 4. The van der Waals surface area contributed by atoms with Gasteiger partial charge in [-0.3, -0.25) is 4.79 Å². The summed E-state index contributed by atoms with van der Waals surface area (Å²) in [7, 11) is 0. The molecule has 0 radical (unpaired) electrons. The zero-order chi connectivity index (χ0) is 14.9. The predicted molar refractivity (Wildman–Crippen MR) is 76.6 cm³/mol. The fraction of sp³-hybridized carbons (Fsp3) is 0.571. The summed E-state index contributed by atoms with van der Waals surface area (Å²) in [4.78, 5) is 20.7. The van der Waals surface area contributed by atoms with Crippen LogP contribution in [-0.2, 0) is 17.6 Å². The van der Waals surface area contributed by atoms with Gasteiger partial charge in [-0.15, -0.1) is 5.10 Å². The van der Waals surface area contributed by atoms with Gasteiger partial charge in [0, 0.05) is 29.4 Å². The highest BCUT2D eigenvalue weighted by Gasteiger charge is 2.15. The van der Waals surface area contributed by atoms with Gasteiger partial charge in [-0.2, -0.15) is 4.98 Å². The molecule has 2 rings (SSSR count). The van der Waals surface area contributed by atoms with Crippen molar-refractivity contribution in [3.05, 3.63) is 22.8 Å². The van der Waals surface area contributed by atoms with E-state index in [4.69, 9.17) is 0 Å². The second-order valence-corrected chi connectivity index (χ2v) is 5.25. The van der Waals surface area contributed by atoms with E-state index in [1.165, 1.54) is 0 Å². The molecule has 0 aliphatic carbocycles. The van der Waals surface area contributed by atoms with Crippen LogP contribution < -0.4 is 5.32 Å². The maximum atomic E-state index is 11.9. The van der Waals surface area contributed by atoms with Crippen molar-refractivity contribution in [2.75, 3.05) is 0 Å². The molecule has 0 bridgehead atoms. The van der Waals surface area contributed by atoms with Crippen LogP contribution in [0, 0.1) is 13.8 Å². The molecule has 0 spiro atoms. The van der Waals surface area contributed by atoms with Crippen molar-refractivity contribution in [3.63, 3.8) is 0 Å². The number of hydrogen-bond acceptors (Lipinski definition) is 4. The third kappa shape index (κ3) is 2.79. The monoisotopic (exact) mass is 275 g/mol. The van der Waals surface area contributed by atoms with Gasteiger partial charge >= 0.3 is 0 Å². The first-order chi connectivity index (χ1) is 9.42. The van der Waals surface area contributed by atoms with Crippen molar-refractivity contribution in [3.8, 4) is 0 Å². The van der Waals surface area contributed by atoms with Crippen LogP contribution in [0.1, 0.15) is 43.5 Å². The van der Waals surface area contributed by atoms with E-state index in [2.05, 4.69) is 20.4 Å². The molecule has 0 saturated carbocycles. The Morgan fingerprint density at radius 1 is 1.30 bits per heavy atom. The van der Waals surface area contributed by atoms with Gasteiger partial charge in [0.25, 0.3) is 5.78 Å². The Labute approximate surface area is 118 Å². The molecule has 2 aromatic heterocycles. The van der Waals surface area contributed by atoms with E-state index in [1.54, 1.807) is 4.52 Å². The summed E-state index contributed by atoms with van der Waals surface area (Å²) in [5.74, 6) is 1.37. The lowest BCUT2D eigenvalue weighted by Gasteiger charge is -2.12. The number of nitrogens with one attached hydrogen (secondary N) is 1. The summed E-state index contributed by atoms with van der Waals surface area (Å²) in [5, 5.41) is 7.31. The van der Waals surface area contributed by atoms with Gasteiger partial charge in [-0.05, 0) is 27.7 Å². The minimum absolute atomic E-state index is 0.00294. The predicted octanol–water partition coefficient (Wildman–Crippen LogP) is 1.37. The van der Waals surface area contributed by atoms with Gasteiger partial charge in [0.2, 0.25) is 5.91 Å². The van der Waals surface area contributed by atoms with Gasteiger partial charge in [-0.1, -0.05) is 6.92 Å². The van der Waals surface area contributed by atoms with E-state index in [0.29, 0.717) is 12.2 Å². The van der Waals surface area contributed by atoms with E-state index >= 15 is 0 Å². The number of amides is 1. The van der Waals surface area contributed by atoms with E-state index in [0.717, 1.165) is 29.2 Å². The molecule has 0 aliphatic heterocycles.